The molecule has 0 nitrogen and oxygen atoms in total. The summed E-state index contributed by atoms with van der Waals surface area (Å²) in [6.07, 6.45) is 8.11. The molecule has 0 bridgehead atoms. The average Bonchev–Trinajstić information content (AvgIpc) is 2.12. The van der Waals surface area contributed by atoms with Crippen molar-refractivity contribution in [1.82, 2.24) is 0 Å². The van der Waals surface area contributed by atoms with E-state index >= 15 is 0 Å². The third-order valence-corrected chi connectivity index (χ3v) is 1.34. The second-order valence-corrected chi connectivity index (χ2v) is 2.43. The van der Waals surface area contributed by atoms with Crippen LogP contribution in [-0.4, -0.2) is 7.85 Å². The Bertz CT molecular complexity index is 159. The Morgan fingerprint density at radius 3 is 2.12 bits per heavy atom. The molecule has 1 aliphatic rings. The summed E-state index contributed by atoms with van der Waals surface area (Å²) in [5.41, 5.74) is 1.22. The van der Waals surface area contributed by atoms with Crippen molar-refractivity contribution in [3.63, 3.8) is 0 Å². The Hall–Kier alpha value is -0.365. The SMILES string of the molecule is BC(S)=C1C=CC=C1. The third-order valence-electron chi connectivity index (χ3n) is 1.08. The summed E-state index contributed by atoms with van der Waals surface area (Å²) in [6.45, 7) is 0. The Balaban J connectivity index is 2.90. The second-order valence-electron chi connectivity index (χ2n) is 1.76. The van der Waals surface area contributed by atoms with E-state index in [0.717, 1.165) is 4.80 Å². The molecule has 8 heavy (non-hydrogen) atoms. The van der Waals surface area contributed by atoms with E-state index in [9.17, 15) is 0 Å². The van der Waals surface area contributed by atoms with Crippen LogP contribution in [0.4, 0.5) is 0 Å². The van der Waals surface area contributed by atoms with Crippen molar-refractivity contribution in [3.8, 4) is 0 Å². The summed E-state index contributed by atoms with van der Waals surface area (Å²) >= 11 is 4.17. The highest BCUT2D eigenvalue weighted by molar-refractivity contribution is 7.86. The lowest BCUT2D eigenvalue weighted by Gasteiger charge is -1.89. The molecular formula is C6H7BS. The second kappa shape index (κ2) is 2.27. The highest BCUT2D eigenvalue weighted by atomic mass is 32.1. The summed E-state index contributed by atoms with van der Waals surface area (Å²) < 4.78 is 0. The van der Waals surface area contributed by atoms with Crippen molar-refractivity contribution in [2.45, 2.75) is 0 Å². The maximum Gasteiger partial charge on any atom is 0.148 e. The number of rotatable bonds is 0. The molecule has 0 aliphatic heterocycles. The number of allylic oxidation sites excluding steroid dienone is 5. The quantitative estimate of drug-likeness (QED) is 0.358. The summed E-state index contributed by atoms with van der Waals surface area (Å²) in [5.74, 6) is 0. The van der Waals surface area contributed by atoms with Gasteiger partial charge in [-0.2, -0.15) is 12.6 Å². The Labute approximate surface area is 55.8 Å². The van der Waals surface area contributed by atoms with Crippen LogP contribution in [0.3, 0.4) is 0 Å². The van der Waals surface area contributed by atoms with E-state index in [0.29, 0.717) is 0 Å². The molecule has 2 heteroatoms. The molecular weight excluding hydrogens is 115 g/mol. The van der Waals surface area contributed by atoms with Gasteiger partial charge in [-0.3, -0.25) is 0 Å². The minimum absolute atomic E-state index is 1.08. The zero-order chi connectivity index (χ0) is 5.98. The van der Waals surface area contributed by atoms with Gasteiger partial charge in [0.25, 0.3) is 0 Å². The molecule has 1 aliphatic carbocycles. The molecule has 1 rings (SSSR count). The van der Waals surface area contributed by atoms with Gasteiger partial charge in [-0.05, 0) is 5.57 Å². The van der Waals surface area contributed by atoms with Gasteiger partial charge in [0.2, 0.25) is 0 Å². The zero-order valence-corrected chi connectivity index (χ0v) is 5.65. The molecule has 0 N–H and O–H groups in total. The highest BCUT2D eigenvalue weighted by Gasteiger charge is 1.91. The molecule has 0 aromatic rings. The molecule has 0 unspecified atom stereocenters. The average molecular weight is 122 g/mol. The molecule has 0 saturated heterocycles. The van der Waals surface area contributed by atoms with E-state index in [1.807, 2.05) is 32.2 Å². The van der Waals surface area contributed by atoms with E-state index < -0.39 is 0 Å². The third kappa shape index (κ3) is 1.07. The minimum Gasteiger partial charge on any atom is -0.158 e. The molecule has 0 atom stereocenters. The summed E-state index contributed by atoms with van der Waals surface area (Å²) in [7, 11) is 1.98. The van der Waals surface area contributed by atoms with Gasteiger partial charge in [0.1, 0.15) is 7.85 Å². The smallest absolute Gasteiger partial charge is 0.148 e. The van der Waals surface area contributed by atoms with Crippen LogP contribution in [0, 0.1) is 0 Å². The van der Waals surface area contributed by atoms with Gasteiger partial charge >= 0.3 is 0 Å². The lowest BCUT2D eigenvalue weighted by Crippen LogP contribution is -1.72. The van der Waals surface area contributed by atoms with Crippen LogP contribution >= 0.6 is 12.6 Å². The molecule has 0 fully saturated rings. The molecule has 0 saturated carbocycles. The van der Waals surface area contributed by atoms with Gasteiger partial charge in [0.15, 0.2) is 0 Å². The molecule has 0 aromatic carbocycles. The van der Waals surface area contributed by atoms with Crippen molar-refractivity contribution in [1.29, 1.82) is 0 Å². The number of hydrogen-bond acceptors (Lipinski definition) is 1. The fourth-order valence-electron chi connectivity index (χ4n) is 0.615. The van der Waals surface area contributed by atoms with Gasteiger partial charge in [0.05, 0.1) is 0 Å². The maximum absolute atomic E-state index is 4.17. The van der Waals surface area contributed by atoms with Gasteiger partial charge in [0, 0.05) is 0 Å². The van der Waals surface area contributed by atoms with Gasteiger partial charge in [-0.15, -0.1) is 0 Å². The summed E-state index contributed by atoms with van der Waals surface area (Å²) in [6, 6.07) is 0. The molecule has 0 aromatic heterocycles. The number of hydrogen-bond donors (Lipinski definition) is 1. The van der Waals surface area contributed by atoms with E-state index in [4.69, 9.17) is 0 Å². The van der Waals surface area contributed by atoms with Crippen LogP contribution in [0.2, 0.25) is 0 Å². The fourth-order valence-corrected chi connectivity index (χ4v) is 0.764. The standard InChI is InChI=1S/C6H7BS/c7-6(8)5-3-1-2-4-5/h1-4,8H,7H2. The maximum atomic E-state index is 4.17. The van der Waals surface area contributed by atoms with Crippen LogP contribution in [0.5, 0.6) is 0 Å². The first-order chi connectivity index (χ1) is 3.80. The summed E-state index contributed by atoms with van der Waals surface area (Å²) in [4.78, 5) is 1.08. The zero-order valence-electron chi connectivity index (χ0n) is 4.76. The van der Waals surface area contributed by atoms with Crippen molar-refractivity contribution in [2.24, 2.45) is 0 Å². The van der Waals surface area contributed by atoms with Crippen LogP contribution in [0.15, 0.2) is 34.7 Å². The van der Waals surface area contributed by atoms with Crippen LogP contribution in [0.25, 0.3) is 0 Å². The van der Waals surface area contributed by atoms with Crippen molar-refractivity contribution >= 4 is 20.5 Å². The van der Waals surface area contributed by atoms with Gasteiger partial charge in [-0.25, -0.2) is 0 Å². The Kier molecular flexibility index (Phi) is 1.64. The minimum atomic E-state index is 1.08. The normalized spacial score (nSPS) is 15.4. The predicted molar refractivity (Wildman–Crippen MR) is 42.8 cm³/mol. The van der Waals surface area contributed by atoms with E-state index in [1.165, 1.54) is 5.57 Å². The molecule has 0 radical (unpaired) electrons. The fraction of sp³-hybridized carbons (Fsp3) is 0. The summed E-state index contributed by atoms with van der Waals surface area (Å²) in [5, 5.41) is 0. The largest absolute Gasteiger partial charge is 0.158 e. The van der Waals surface area contributed by atoms with Crippen molar-refractivity contribution in [3.05, 3.63) is 34.7 Å². The Morgan fingerprint density at radius 2 is 1.88 bits per heavy atom. The lowest BCUT2D eigenvalue weighted by molar-refractivity contribution is 1.81. The van der Waals surface area contributed by atoms with Crippen LogP contribution in [-0.2, 0) is 0 Å². The molecule has 0 amide bonds. The molecule has 40 valence electrons. The lowest BCUT2D eigenvalue weighted by atomic mass is 10.1. The monoisotopic (exact) mass is 122 g/mol. The number of thiol groups is 1. The molecule has 0 spiro atoms. The highest BCUT2D eigenvalue weighted by Crippen LogP contribution is 2.12. The van der Waals surface area contributed by atoms with Gasteiger partial charge < -0.3 is 0 Å². The van der Waals surface area contributed by atoms with Crippen LogP contribution < -0.4 is 0 Å². The van der Waals surface area contributed by atoms with Gasteiger partial charge in [-0.1, -0.05) is 29.1 Å². The molecule has 0 heterocycles. The van der Waals surface area contributed by atoms with Crippen LogP contribution in [0.1, 0.15) is 0 Å². The first-order valence-corrected chi connectivity index (χ1v) is 3.00. The van der Waals surface area contributed by atoms with E-state index in [2.05, 4.69) is 12.6 Å². The first-order valence-electron chi connectivity index (χ1n) is 2.55. The Morgan fingerprint density at radius 1 is 1.38 bits per heavy atom. The van der Waals surface area contributed by atoms with Crippen molar-refractivity contribution in [2.75, 3.05) is 0 Å². The predicted octanol–water partition coefficient (Wildman–Crippen LogP) is 0.887. The first kappa shape index (κ1) is 5.77. The van der Waals surface area contributed by atoms with E-state index in [-0.39, 0.29) is 0 Å². The van der Waals surface area contributed by atoms with E-state index in [1.54, 1.807) is 0 Å². The topological polar surface area (TPSA) is 0 Å². The van der Waals surface area contributed by atoms with Crippen molar-refractivity contribution < 1.29 is 0 Å².